The molecule has 3 heterocycles. The molecular formula is C24H29ClFN5O2. The smallest absolute Gasteiger partial charge is 0.258 e. The van der Waals surface area contributed by atoms with E-state index in [0.29, 0.717) is 27.7 Å². The molecule has 2 aliphatic heterocycles. The van der Waals surface area contributed by atoms with Gasteiger partial charge in [0.1, 0.15) is 17.7 Å². The van der Waals surface area contributed by atoms with Crippen LogP contribution in [-0.4, -0.2) is 64.5 Å². The average molecular weight is 474 g/mol. The summed E-state index contributed by atoms with van der Waals surface area (Å²) in [5.41, 5.74) is 7.73. The van der Waals surface area contributed by atoms with Crippen molar-refractivity contribution in [2.24, 2.45) is 5.73 Å². The first-order valence-electron chi connectivity index (χ1n) is 11.4. The number of aromatic nitrogens is 2. The second-order valence-electron chi connectivity index (χ2n) is 8.54. The highest BCUT2D eigenvalue weighted by atomic mass is 35.5. The molecule has 4 rings (SSSR count). The molecule has 9 heteroatoms. The van der Waals surface area contributed by atoms with Crippen LogP contribution in [0.4, 0.5) is 4.39 Å². The molecule has 1 aromatic heterocycles. The SMILES string of the molecule is CCCCN1CCC(Oc2cc(F)ccc2C(=O)N2CC(N)=C(c3ncc(Cl)cn3)C2)CC1. The maximum absolute atomic E-state index is 14.1. The molecule has 0 unspecified atom stereocenters. The number of hydrogen-bond donors (Lipinski definition) is 1. The van der Waals surface area contributed by atoms with E-state index >= 15 is 0 Å². The number of nitrogens with zero attached hydrogens (tertiary/aromatic N) is 4. The van der Waals surface area contributed by atoms with E-state index in [4.69, 9.17) is 22.1 Å². The van der Waals surface area contributed by atoms with Crippen LogP contribution in [0.1, 0.15) is 48.8 Å². The first-order chi connectivity index (χ1) is 15.9. The van der Waals surface area contributed by atoms with Crippen LogP contribution < -0.4 is 10.5 Å². The highest BCUT2D eigenvalue weighted by Gasteiger charge is 2.30. The molecule has 33 heavy (non-hydrogen) atoms. The van der Waals surface area contributed by atoms with Gasteiger partial charge >= 0.3 is 0 Å². The van der Waals surface area contributed by atoms with Gasteiger partial charge in [0.05, 0.1) is 23.7 Å². The van der Waals surface area contributed by atoms with Gasteiger partial charge < -0.3 is 20.3 Å². The number of piperidine rings is 1. The predicted octanol–water partition coefficient (Wildman–Crippen LogP) is 3.74. The van der Waals surface area contributed by atoms with Crippen molar-refractivity contribution < 1.29 is 13.9 Å². The number of ether oxygens (including phenoxy) is 1. The standard InChI is InChI=1S/C24H29ClFN5O2/c1-2-3-8-30-9-6-18(7-10-30)33-22-11-17(26)4-5-19(22)24(32)31-14-20(21(27)15-31)23-28-12-16(25)13-29-23/h4-5,11-13,18H,2-3,6-10,14-15,27H2,1H3. The number of amides is 1. The Morgan fingerprint density at radius 1 is 1.24 bits per heavy atom. The first kappa shape index (κ1) is 23.4. The number of halogens is 2. The predicted molar refractivity (Wildman–Crippen MR) is 125 cm³/mol. The van der Waals surface area contributed by atoms with Gasteiger partial charge in [0, 0.05) is 42.8 Å². The fourth-order valence-electron chi connectivity index (χ4n) is 4.23. The number of rotatable bonds is 7. The lowest BCUT2D eigenvalue weighted by molar-refractivity contribution is 0.0773. The van der Waals surface area contributed by atoms with E-state index in [0.717, 1.165) is 32.5 Å². The van der Waals surface area contributed by atoms with Gasteiger partial charge in [-0.1, -0.05) is 24.9 Å². The minimum absolute atomic E-state index is 0.0453. The number of nitrogens with two attached hydrogens (primary N) is 1. The molecule has 0 atom stereocenters. The number of unbranched alkanes of at least 4 members (excludes halogenated alkanes) is 1. The van der Waals surface area contributed by atoms with Crippen molar-refractivity contribution in [1.82, 2.24) is 19.8 Å². The summed E-state index contributed by atoms with van der Waals surface area (Å²) in [7, 11) is 0. The summed E-state index contributed by atoms with van der Waals surface area (Å²) < 4.78 is 20.2. The van der Waals surface area contributed by atoms with Gasteiger partial charge in [-0.15, -0.1) is 0 Å². The van der Waals surface area contributed by atoms with Crippen molar-refractivity contribution in [3.8, 4) is 5.75 Å². The van der Waals surface area contributed by atoms with Crippen LogP contribution in [0.2, 0.25) is 5.02 Å². The second-order valence-corrected chi connectivity index (χ2v) is 8.98. The van der Waals surface area contributed by atoms with E-state index < -0.39 is 5.82 Å². The minimum atomic E-state index is -0.434. The maximum Gasteiger partial charge on any atom is 0.258 e. The monoisotopic (exact) mass is 473 g/mol. The summed E-state index contributed by atoms with van der Waals surface area (Å²) >= 11 is 5.87. The highest BCUT2D eigenvalue weighted by Crippen LogP contribution is 2.29. The van der Waals surface area contributed by atoms with Gasteiger partial charge in [-0.25, -0.2) is 14.4 Å². The number of likely N-dealkylation sites (tertiary alicyclic amines) is 1. The van der Waals surface area contributed by atoms with Gasteiger partial charge in [0.25, 0.3) is 5.91 Å². The van der Waals surface area contributed by atoms with Gasteiger partial charge in [-0.05, 0) is 37.9 Å². The minimum Gasteiger partial charge on any atom is -0.489 e. The van der Waals surface area contributed by atoms with Gasteiger partial charge in [-0.2, -0.15) is 0 Å². The Labute approximate surface area is 198 Å². The molecule has 2 aromatic rings. The zero-order chi connectivity index (χ0) is 23.4. The van der Waals surface area contributed by atoms with E-state index in [1.165, 1.54) is 43.4 Å². The average Bonchev–Trinajstić information content (AvgIpc) is 3.20. The van der Waals surface area contributed by atoms with E-state index in [1.54, 1.807) is 4.90 Å². The van der Waals surface area contributed by atoms with Crippen LogP contribution in [-0.2, 0) is 0 Å². The van der Waals surface area contributed by atoms with Crippen LogP contribution in [0.3, 0.4) is 0 Å². The number of benzene rings is 1. The molecule has 1 saturated heterocycles. The molecule has 2 N–H and O–H groups in total. The van der Waals surface area contributed by atoms with Crippen LogP contribution in [0, 0.1) is 5.82 Å². The Morgan fingerprint density at radius 3 is 2.67 bits per heavy atom. The van der Waals surface area contributed by atoms with E-state index in [2.05, 4.69) is 21.8 Å². The second kappa shape index (κ2) is 10.5. The highest BCUT2D eigenvalue weighted by molar-refractivity contribution is 6.30. The normalized spacial score (nSPS) is 17.6. The van der Waals surface area contributed by atoms with Crippen molar-refractivity contribution in [2.75, 3.05) is 32.7 Å². The summed E-state index contributed by atoms with van der Waals surface area (Å²) in [5.74, 6) is 0.0212. The fourth-order valence-corrected chi connectivity index (χ4v) is 4.33. The van der Waals surface area contributed by atoms with Gasteiger partial charge in [0.2, 0.25) is 0 Å². The topological polar surface area (TPSA) is 84.6 Å². The Morgan fingerprint density at radius 2 is 1.97 bits per heavy atom. The number of hydrogen-bond acceptors (Lipinski definition) is 6. The third kappa shape index (κ3) is 5.62. The molecule has 0 spiro atoms. The maximum atomic E-state index is 14.1. The van der Waals surface area contributed by atoms with Crippen LogP contribution in [0.25, 0.3) is 5.57 Å². The molecule has 0 radical (unpaired) electrons. The van der Waals surface area contributed by atoms with Crippen LogP contribution in [0.15, 0.2) is 36.3 Å². The zero-order valence-electron chi connectivity index (χ0n) is 18.8. The Hall–Kier alpha value is -2.71. The number of carbonyl (C=O) groups excluding carboxylic acids is 1. The molecule has 1 amide bonds. The number of carbonyl (C=O) groups is 1. The van der Waals surface area contributed by atoms with Gasteiger partial charge in [-0.3, -0.25) is 4.79 Å². The third-order valence-corrected chi connectivity index (χ3v) is 6.30. The van der Waals surface area contributed by atoms with Crippen molar-refractivity contribution >= 4 is 23.1 Å². The largest absolute Gasteiger partial charge is 0.489 e. The molecule has 0 saturated carbocycles. The Bertz CT molecular complexity index is 1020. The molecular weight excluding hydrogens is 445 g/mol. The van der Waals surface area contributed by atoms with Gasteiger partial charge in [0.15, 0.2) is 5.82 Å². The van der Waals surface area contributed by atoms with Crippen molar-refractivity contribution in [3.05, 3.63) is 58.5 Å². The molecule has 0 bridgehead atoms. The lowest BCUT2D eigenvalue weighted by Crippen LogP contribution is -2.39. The molecule has 2 aliphatic rings. The summed E-state index contributed by atoms with van der Waals surface area (Å²) in [6.07, 6.45) is 7.00. The van der Waals surface area contributed by atoms with Crippen LogP contribution in [0.5, 0.6) is 5.75 Å². The molecule has 0 aliphatic carbocycles. The summed E-state index contributed by atoms with van der Waals surface area (Å²) in [5, 5.41) is 0.424. The van der Waals surface area contributed by atoms with Crippen molar-refractivity contribution in [2.45, 2.75) is 38.7 Å². The quantitative estimate of drug-likeness (QED) is 0.659. The van der Waals surface area contributed by atoms with Crippen molar-refractivity contribution in [3.63, 3.8) is 0 Å². The lowest BCUT2D eigenvalue weighted by atomic mass is 10.1. The Kier molecular flexibility index (Phi) is 7.45. The molecule has 7 nitrogen and oxygen atoms in total. The van der Waals surface area contributed by atoms with Crippen LogP contribution >= 0.6 is 11.6 Å². The van der Waals surface area contributed by atoms with E-state index in [1.807, 2.05) is 0 Å². The third-order valence-electron chi connectivity index (χ3n) is 6.11. The zero-order valence-corrected chi connectivity index (χ0v) is 19.5. The summed E-state index contributed by atoms with van der Waals surface area (Å²) in [6.45, 7) is 5.68. The summed E-state index contributed by atoms with van der Waals surface area (Å²) in [4.78, 5) is 25.8. The van der Waals surface area contributed by atoms with E-state index in [9.17, 15) is 9.18 Å². The lowest BCUT2D eigenvalue weighted by Gasteiger charge is -2.32. The molecule has 1 fully saturated rings. The van der Waals surface area contributed by atoms with E-state index in [-0.39, 0.29) is 30.9 Å². The van der Waals surface area contributed by atoms with Crippen molar-refractivity contribution in [1.29, 1.82) is 0 Å². The molecule has 176 valence electrons. The summed E-state index contributed by atoms with van der Waals surface area (Å²) in [6, 6.07) is 4.06. The first-order valence-corrected chi connectivity index (χ1v) is 11.8. The molecule has 1 aromatic carbocycles. The Balaban J connectivity index is 1.44. The fraction of sp³-hybridized carbons (Fsp3) is 0.458.